The molecule has 0 radical (unpaired) electrons. The van der Waals surface area contributed by atoms with Crippen molar-refractivity contribution in [1.82, 2.24) is 19.9 Å². The van der Waals surface area contributed by atoms with Crippen molar-refractivity contribution in [1.29, 1.82) is 0 Å². The summed E-state index contributed by atoms with van der Waals surface area (Å²) in [4.78, 5) is 29.5. The second kappa shape index (κ2) is 7.35. The third kappa shape index (κ3) is 3.07. The number of esters is 1. The molecule has 3 aromatic heterocycles. The number of aromatic amines is 1. The Morgan fingerprint density at radius 1 is 1.21 bits per heavy atom. The van der Waals surface area contributed by atoms with Crippen molar-refractivity contribution in [2.24, 2.45) is 0 Å². The van der Waals surface area contributed by atoms with Gasteiger partial charge in [0.2, 0.25) is 0 Å². The summed E-state index contributed by atoms with van der Waals surface area (Å²) in [5, 5.41) is 3.81. The van der Waals surface area contributed by atoms with E-state index in [-0.39, 0.29) is 24.0 Å². The standard InChI is InChI=1S/C23H18ClN5O4/c1-31-21-12(24)4-3-5-13(21)27-20-16-18(11-8-15(11)33-22(16)30)28-19(20)10-6-7-25-14-9-26-23(32-2)29-17(10)14/h3-7,9,11,15,27-28H,8H2,1-2H3/t11-,15+/m0/s1. The van der Waals surface area contributed by atoms with E-state index in [1.54, 1.807) is 31.6 Å². The van der Waals surface area contributed by atoms with Gasteiger partial charge in [0, 0.05) is 23.4 Å². The molecule has 0 saturated heterocycles. The molecule has 4 aromatic rings. The number of hydrogen-bond acceptors (Lipinski definition) is 8. The van der Waals surface area contributed by atoms with Gasteiger partial charge >= 0.3 is 12.0 Å². The van der Waals surface area contributed by atoms with Gasteiger partial charge in [-0.15, -0.1) is 0 Å². The van der Waals surface area contributed by atoms with Gasteiger partial charge in [0.15, 0.2) is 5.75 Å². The van der Waals surface area contributed by atoms with E-state index in [0.29, 0.717) is 44.4 Å². The van der Waals surface area contributed by atoms with Crippen molar-refractivity contribution < 1.29 is 19.0 Å². The maximum absolute atomic E-state index is 13.0. The number of H-pyrrole nitrogens is 1. The van der Waals surface area contributed by atoms with Crippen LogP contribution in [-0.2, 0) is 4.74 Å². The van der Waals surface area contributed by atoms with Crippen molar-refractivity contribution in [3.8, 4) is 23.0 Å². The molecule has 0 amide bonds. The Morgan fingerprint density at radius 3 is 2.91 bits per heavy atom. The lowest BCUT2D eigenvalue weighted by atomic mass is 10.1. The summed E-state index contributed by atoms with van der Waals surface area (Å²) in [7, 11) is 3.05. The van der Waals surface area contributed by atoms with E-state index in [1.807, 2.05) is 12.1 Å². The van der Waals surface area contributed by atoms with Gasteiger partial charge in [-0.2, -0.15) is 4.98 Å². The lowest BCUT2D eigenvalue weighted by Gasteiger charge is -2.16. The van der Waals surface area contributed by atoms with Crippen LogP contribution >= 0.6 is 11.6 Å². The highest BCUT2D eigenvalue weighted by atomic mass is 35.5. The first kappa shape index (κ1) is 19.8. The fourth-order valence-corrected chi connectivity index (χ4v) is 4.56. The molecule has 9 nitrogen and oxygen atoms in total. The van der Waals surface area contributed by atoms with E-state index >= 15 is 0 Å². The summed E-state index contributed by atoms with van der Waals surface area (Å²) in [5.74, 6) is 0.239. The maximum atomic E-state index is 13.0. The fourth-order valence-electron chi connectivity index (χ4n) is 4.31. The molecular formula is C23H18ClN5O4. The van der Waals surface area contributed by atoms with Crippen LogP contribution < -0.4 is 14.8 Å². The van der Waals surface area contributed by atoms with Crippen molar-refractivity contribution in [3.05, 3.63) is 52.9 Å². The number of pyridine rings is 1. The summed E-state index contributed by atoms with van der Waals surface area (Å²) in [6, 6.07) is 7.43. The zero-order valence-electron chi connectivity index (χ0n) is 17.7. The topological polar surface area (TPSA) is 111 Å². The molecule has 1 aliphatic carbocycles. The average Bonchev–Trinajstić information content (AvgIpc) is 3.50. The number of ether oxygens (including phenoxy) is 3. The minimum absolute atomic E-state index is 0.0818. The summed E-state index contributed by atoms with van der Waals surface area (Å²) < 4.78 is 16.3. The van der Waals surface area contributed by atoms with Crippen LogP contribution in [-0.4, -0.2) is 46.2 Å². The minimum Gasteiger partial charge on any atom is -0.493 e. The lowest BCUT2D eigenvalue weighted by Crippen LogP contribution is -2.16. The average molecular weight is 464 g/mol. The number of methoxy groups -OCH3 is 2. The zero-order valence-corrected chi connectivity index (χ0v) is 18.4. The van der Waals surface area contributed by atoms with E-state index in [4.69, 9.17) is 25.8 Å². The maximum Gasteiger partial charge on any atom is 0.342 e. The highest BCUT2D eigenvalue weighted by Gasteiger charge is 2.51. The van der Waals surface area contributed by atoms with Gasteiger partial charge in [0.1, 0.15) is 22.7 Å². The third-order valence-corrected chi connectivity index (χ3v) is 6.23. The molecule has 2 aliphatic rings. The number of para-hydroxylation sites is 1. The molecule has 166 valence electrons. The molecule has 0 unspecified atom stereocenters. The Kier molecular flexibility index (Phi) is 4.41. The molecule has 1 saturated carbocycles. The van der Waals surface area contributed by atoms with Crippen LogP contribution in [0.15, 0.2) is 36.7 Å². The van der Waals surface area contributed by atoms with Crippen LogP contribution in [0.5, 0.6) is 11.8 Å². The number of carbonyl (C=O) groups is 1. The first-order chi connectivity index (χ1) is 16.1. The van der Waals surface area contributed by atoms with Crippen molar-refractivity contribution >= 4 is 40.0 Å². The second-order valence-electron chi connectivity index (χ2n) is 7.84. The SMILES string of the molecule is COc1ncc2nccc(-c3[nH]c4c(c3Nc3cccc(Cl)c3OC)C(=O)O[C@@H]3C[C@H]43)c2n1. The van der Waals surface area contributed by atoms with Crippen molar-refractivity contribution in [2.75, 3.05) is 19.5 Å². The summed E-state index contributed by atoms with van der Waals surface area (Å²) in [6.45, 7) is 0. The van der Waals surface area contributed by atoms with Crippen molar-refractivity contribution in [3.63, 3.8) is 0 Å². The molecule has 6 rings (SSSR count). The molecule has 1 aromatic carbocycles. The number of aromatic nitrogens is 4. The Balaban J connectivity index is 1.60. The molecule has 0 bridgehead atoms. The largest absolute Gasteiger partial charge is 0.493 e. The number of benzene rings is 1. The first-order valence-electron chi connectivity index (χ1n) is 10.3. The van der Waals surface area contributed by atoms with Crippen LogP contribution in [0.25, 0.3) is 22.3 Å². The monoisotopic (exact) mass is 463 g/mol. The van der Waals surface area contributed by atoms with Gasteiger partial charge in [0.05, 0.1) is 42.5 Å². The lowest BCUT2D eigenvalue weighted by molar-refractivity contribution is 0.0441. The summed E-state index contributed by atoms with van der Waals surface area (Å²) in [6.07, 6.45) is 3.99. The van der Waals surface area contributed by atoms with Crippen LogP contribution in [0.2, 0.25) is 5.02 Å². The summed E-state index contributed by atoms with van der Waals surface area (Å²) >= 11 is 6.34. The number of hydrogen-bond donors (Lipinski definition) is 2. The quantitative estimate of drug-likeness (QED) is 0.417. The Bertz CT molecular complexity index is 1440. The molecule has 2 atom stereocenters. The molecule has 0 spiro atoms. The van der Waals surface area contributed by atoms with Crippen LogP contribution in [0.1, 0.15) is 28.4 Å². The van der Waals surface area contributed by atoms with E-state index in [9.17, 15) is 4.79 Å². The van der Waals surface area contributed by atoms with E-state index in [0.717, 1.165) is 17.7 Å². The number of nitrogens with one attached hydrogen (secondary N) is 2. The molecule has 4 heterocycles. The molecule has 1 aliphatic heterocycles. The van der Waals surface area contributed by atoms with Crippen LogP contribution in [0.3, 0.4) is 0 Å². The molecule has 2 N–H and O–H groups in total. The number of anilines is 2. The number of fused-ring (bicyclic) bond motifs is 4. The normalized spacial score (nSPS) is 18.3. The van der Waals surface area contributed by atoms with Crippen molar-refractivity contribution in [2.45, 2.75) is 18.4 Å². The molecule has 33 heavy (non-hydrogen) atoms. The Hall–Kier alpha value is -3.85. The minimum atomic E-state index is -0.375. The smallest absolute Gasteiger partial charge is 0.342 e. The molecule has 1 fully saturated rings. The van der Waals surface area contributed by atoms with Gasteiger partial charge in [-0.3, -0.25) is 4.98 Å². The second-order valence-corrected chi connectivity index (χ2v) is 8.25. The van der Waals surface area contributed by atoms with Gasteiger partial charge in [-0.1, -0.05) is 17.7 Å². The number of rotatable bonds is 5. The van der Waals surface area contributed by atoms with E-state index < -0.39 is 0 Å². The van der Waals surface area contributed by atoms with Gasteiger partial charge in [-0.05, 0) is 24.6 Å². The number of nitrogens with zero attached hydrogens (tertiary/aromatic N) is 3. The molecule has 10 heteroatoms. The summed E-state index contributed by atoms with van der Waals surface area (Å²) in [5.41, 5.74) is 5.10. The Labute approximate surface area is 193 Å². The third-order valence-electron chi connectivity index (χ3n) is 5.93. The first-order valence-corrected chi connectivity index (χ1v) is 10.7. The number of carbonyl (C=O) groups excluding carboxylic acids is 1. The zero-order chi connectivity index (χ0) is 22.7. The molecular weight excluding hydrogens is 446 g/mol. The number of halogens is 1. The van der Waals surface area contributed by atoms with E-state index in [2.05, 4.69) is 25.3 Å². The predicted molar refractivity (Wildman–Crippen MR) is 122 cm³/mol. The van der Waals surface area contributed by atoms with Gasteiger partial charge in [0.25, 0.3) is 0 Å². The van der Waals surface area contributed by atoms with E-state index in [1.165, 1.54) is 7.11 Å². The van der Waals surface area contributed by atoms with Crippen LogP contribution in [0.4, 0.5) is 11.4 Å². The Morgan fingerprint density at radius 2 is 2.09 bits per heavy atom. The van der Waals surface area contributed by atoms with Crippen LogP contribution in [0, 0.1) is 0 Å². The van der Waals surface area contributed by atoms with Gasteiger partial charge in [-0.25, -0.2) is 9.78 Å². The fraction of sp³-hybridized carbons (Fsp3) is 0.217. The highest BCUT2D eigenvalue weighted by molar-refractivity contribution is 6.32. The van der Waals surface area contributed by atoms with Gasteiger partial charge < -0.3 is 24.5 Å². The highest BCUT2D eigenvalue weighted by Crippen LogP contribution is 2.53. The predicted octanol–water partition coefficient (Wildman–Crippen LogP) is 4.46.